The highest BCUT2D eigenvalue weighted by atomic mass is 16.5. The lowest BCUT2D eigenvalue weighted by molar-refractivity contribution is -0.604. The minimum absolute atomic E-state index is 0.180. The molecule has 148 valence electrons. The molecule has 2 aromatic carbocycles. The molecule has 0 radical (unpaired) electrons. The predicted molar refractivity (Wildman–Crippen MR) is 115 cm³/mol. The Hall–Kier alpha value is -4.26. The molecule has 0 aliphatic rings. The summed E-state index contributed by atoms with van der Waals surface area (Å²) in [7, 11) is 0. The largest absolute Gasteiger partial charge is 0.619 e. The van der Waals surface area contributed by atoms with E-state index < -0.39 is 0 Å². The van der Waals surface area contributed by atoms with E-state index in [2.05, 4.69) is 20.6 Å². The van der Waals surface area contributed by atoms with E-state index in [9.17, 15) is 10.0 Å². The molecule has 0 fully saturated rings. The molecule has 7 nitrogen and oxygen atoms in total. The highest BCUT2D eigenvalue weighted by Gasteiger charge is 2.09. The molecule has 2 heterocycles. The predicted octanol–water partition coefficient (Wildman–Crippen LogP) is 4.08. The smallest absolute Gasteiger partial charge is 0.255 e. The van der Waals surface area contributed by atoms with Gasteiger partial charge in [-0.25, -0.2) is 9.97 Å². The number of nitrogens with zero attached hydrogens (tertiary/aromatic N) is 3. The van der Waals surface area contributed by atoms with Gasteiger partial charge in [0.1, 0.15) is 0 Å². The van der Waals surface area contributed by atoms with Crippen LogP contribution >= 0.6 is 0 Å². The molecule has 30 heavy (non-hydrogen) atoms. The minimum atomic E-state index is -0.180. The third-order valence-corrected chi connectivity index (χ3v) is 4.35. The van der Waals surface area contributed by atoms with Gasteiger partial charge in [-0.2, -0.15) is 4.73 Å². The van der Waals surface area contributed by atoms with Crippen molar-refractivity contribution in [3.8, 4) is 11.3 Å². The van der Waals surface area contributed by atoms with Gasteiger partial charge < -0.3 is 15.8 Å². The Balaban J connectivity index is 1.55. The summed E-state index contributed by atoms with van der Waals surface area (Å²) in [5, 5.41) is 17.6. The van der Waals surface area contributed by atoms with Crippen molar-refractivity contribution >= 4 is 23.2 Å². The van der Waals surface area contributed by atoms with Crippen LogP contribution < -0.4 is 15.4 Å². The van der Waals surface area contributed by atoms with Gasteiger partial charge in [0.25, 0.3) is 5.91 Å². The second-order valence-electron chi connectivity index (χ2n) is 6.75. The number of anilines is 3. The van der Waals surface area contributed by atoms with E-state index in [1.54, 1.807) is 30.5 Å². The number of carbonyl (C=O) groups is 1. The number of rotatable bonds is 5. The topological polar surface area (TPSA) is 93.9 Å². The summed E-state index contributed by atoms with van der Waals surface area (Å²) in [4.78, 5) is 21.2. The van der Waals surface area contributed by atoms with Crippen LogP contribution in [0.3, 0.4) is 0 Å². The minimum Gasteiger partial charge on any atom is -0.619 e. The molecule has 0 aliphatic heterocycles. The molecule has 0 aliphatic carbocycles. The molecule has 0 bridgehead atoms. The Morgan fingerprint density at radius 3 is 2.60 bits per heavy atom. The normalized spacial score (nSPS) is 10.4. The zero-order valence-corrected chi connectivity index (χ0v) is 16.2. The lowest BCUT2D eigenvalue weighted by atomic mass is 10.1. The molecule has 4 rings (SSSR count). The van der Waals surface area contributed by atoms with Crippen molar-refractivity contribution in [2.24, 2.45) is 0 Å². The molecule has 2 aromatic heterocycles. The maximum atomic E-state index is 12.4. The first-order valence-corrected chi connectivity index (χ1v) is 9.34. The van der Waals surface area contributed by atoms with Gasteiger partial charge in [0.05, 0.1) is 11.3 Å². The molecule has 0 saturated carbocycles. The van der Waals surface area contributed by atoms with Crippen LogP contribution in [0.15, 0.2) is 85.3 Å². The fourth-order valence-corrected chi connectivity index (χ4v) is 3.04. The van der Waals surface area contributed by atoms with Crippen LogP contribution in [0.4, 0.5) is 17.3 Å². The standard InChI is InChI=1S/C23H19N5O2/c1-16-12-19(25-22(29)17-6-3-2-4-7-17)14-20(13-16)26-23-24-10-9-21(27-23)18-8-5-11-28(30)15-18/h2-15H,1H3,(H,25,29)(H,24,26,27). The van der Waals surface area contributed by atoms with Gasteiger partial charge in [0.15, 0.2) is 12.4 Å². The van der Waals surface area contributed by atoms with Crippen molar-refractivity contribution in [1.82, 2.24) is 9.97 Å². The molecule has 1 amide bonds. The number of pyridine rings is 1. The van der Waals surface area contributed by atoms with E-state index in [4.69, 9.17) is 0 Å². The van der Waals surface area contributed by atoms with Crippen molar-refractivity contribution in [3.05, 3.63) is 102 Å². The third-order valence-electron chi connectivity index (χ3n) is 4.35. The summed E-state index contributed by atoms with van der Waals surface area (Å²) in [5.74, 6) is 0.208. The summed E-state index contributed by atoms with van der Waals surface area (Å²) >= 11 is 0. The monoisotopic (exact) mass is 397 g/mol. The van der Waals surface area contributed by atoms with Crippen LogP contribution in [0.1, 0.15) is 15.9 Å². The SMILES string of the molecule is Cc1cc(NC(=O)c2ccccc2)cc(Nc2nccc(-c3ccc[n+]([O-])c3)n2)c1. The second kappa shape index (κ2) is 8.40. The zero-order valence-electron chi connectivity index (χ0n) is 16.2. The highest BCUT2D eigenvalue weighted by Crippen LogP contribution is 2.23. The van der Waals surface area contributed by atoms with Crippen molar-refractivity contribution in [2.45, 2.75) is 6.92 Å². The van der Waals surface area contributed by atoms with Crippen molar-refractivity contribution in [2.75, 3.05) is 10.6 Å². The number of aromatic nitrogens is 3. The number of hydrogen-bond donors (Lipinski definition) is 2. The van der Waals surface area contributed by atoms with Gasteiger partial charge in [-0.05, 0) is 55.0 Å². The van der Waals surface area contributed by atoms with Crippen LogP contribution in [-0.4, -0.2) is 15.9 Å². The number of nitrogens with one attached hydrogen (secondary N) is 2. The number of carbonyl (C=O) groups excluding carboxylic acids is 1. The fraction of sp³-hybridized carbons (Fsp3) is 0.0435. The van der Waals surface area contributed by atoms with Crippen molar-refractivity contribution in [3.63, 3.8) is 0 Å². The number of hydrogen-bond acceptors (Lipinski definition) is 5. The van der Waals surface area contributed by atoms with Crippen molar-refractivity contribution in [1.29, 1.82) is 0 Å². The van der Waals surface area contributed by atoms with Crippen LogP contribution in [0.2, 0.25) is 0 Å². The Bertz CT molecular complexity index is 1200. The van der Waals surface area contributed by atoms with Gasteiger partial charge in [-0.1, -0.05) is 18.2 Å². The average Bonchev–Trinajstić information content (AvgIpc) is 2.74. The quantitative estimate of drug-likeness (QED) is 0.391. The molecule has 2 N–H and O–H groups in total. The molecule has 7 heteroatoms. The first kappa shape index (κ1) is 19.1. The van der Waals surface area contributed by atoms with Gasteiger partial charge in [0.2, 0.25) is 5.95 Å². The Morgan fingerprint density at radius 2 is 1.80 bits per heavy atom. The van der Waals surface area contributed by atoms with Crippen LogP contribution in [0.25, 0.3) is 11.3 Å². The fourth-order valence-electron chi connectivity index (χ4n) is 3.04. The van der Waals surface area contributed by atoms with E-state index >= 15 is 0 Å². The summed E-state index contributed by atoms with van der Waals surface area (Å²) in [6, 6.07) is 19.9. The van der Waals surface area contributed by atoms with Gasteiger partial charge >= 0.3 is 0 Å². The average molecular weight is 397 g/mol. The molecule has 0 unspecified atom stereocenters. The molecule has 0 saturated heterocycles. The van der Waals surface area contributed by atoms with E-state index in [1.165, 1.54) is 12.4 Å². The van der Waals surface area contributed by atoms with Crippen LogP contribution in [-0.2, 0) is 0 Å². The second-order valence-corrected chi connectivity index (χ2v) is 6.75. The maximum Gasteiger partial charge on any atom is 0.255 e. The van der Waals surface area contributed by atoms with E-state index in [-0.39, 0.29) is 5.91 Å². The number of amides is 1. The highest BCUT2D eigenvalue weighted by molar-refractivity contribution is 6.04. The van der Waals surface area contributed by atoms with E-state index in [0.717, 1.165) is 16.0 Å². The lowest BCUT2D eigenvalue weighted by Crippen LogP contribution is -2.24. The first-order chi connectivity index (χ1) is 14.6. The van der Waals surface area contributed by atoms with Gasteiger partial charge in [0, 0.05) is 29.2 Å². The number of aryl methyl sites for hydroxylation is 1. The van der Waals surface area contributed by atoms with Crippen LogP contribution in [0.5, 0.6) is 0 Å². The van der Waals surface area contributed by atoms with Crippen LogP contribution in [0, 0.1) is 12.1 Å². The Morgan fingerprint density at radius 1 is 1.00 bits per heavy atom. The summed E-state index contributed by atoms with van der Waals surface area (Å²) in [6.07, 6.45) is 4.50. The third kappa shape index (κ3) is 4.59. The molecular formula is C23H19N5O2. The van der Waals surface area contributed by atoms with E-state index in [1.807, 2.05) is 49.4 Å². The van der Waals surface area contributed by atoms with Gasteiger partial charge in [-0.15, -0.1) is 0 Å². The zero-order chi connectivity index (χ0) is 20.9. The molecule has 4 aromatic rings. The molecule has 0 atom stereocenters. The lowest BCUT2D eigenvalue weighted by Gasteiger charge is -2.11. The molecular weight excluding hydrogens is 378 g/mol. The summed E-state index contributed by atoms with van der Waals surface area (Å²) < 4.78 is 0.729. The Kier molecular flexibility index (Phi) is 5.34. The van der Waals surface area contributed by atoms with E-state index in [0.29, 0.717) is 28.5 Å². The maximum absolute atomic E-state index is 12.4. The van der Waals surface area contributed by atoms with Gasteiger partial charge in [-0.3, -0.25) is 4.79 Å². The van der Waals surface area contributed by atoms with Crippen molar-refractivity contribution < 1.29 is 9.52 Å². The Labute approximate surface area is 173 Å². The first-order valence-electron chi connectivity index (χ1n) is 9.34. The summed E-state index contributed by atoms with van der Waals surface area (Å²) in [5.41, 5.74) is 4.28. The molecule has 0 spiro atoms. The number of benzene rings is 2. The summed E-state index contributed by atoms with van der Waals surface area (Å²) in [6.45, 7) is 1.94.